The van der Waals surface area contributed by atoms with Crippen molar-refractivity contribution in [1.82, 2.24) is 0 Å². The van der Waals surface area contributed by atoms with Crippen LogP contribution in [0.5, 0.6) is 5.75 Å². The second kappa shape index (κ2) is 7.64. The lowest BCUT2D eigenvalue weighted by molar-refractivity contribution is -0.119. The first-order valence-electron chi connectivity index (χ1n) is 6.36. The molecule has 0 bridgehead atoms. The van der Waals surface area contributed by atoms with Gasteiger partial charge in [0.2, 0.25) is 0 Å². The highest BCUT2D eigenvalue weighted by Gasteiger charge is 2.07. The standard InChI is InChI=1S/C15H20O3/c1-3-5-13(16)6-4-7-15(17)12-8-10-14(18-2)11-9-12/h8-11H,3-7H2,1-2H3. The summed E-state index contributed by atoms with van der Waals surface area (Å²) in [5.41, 5.74) is 0.679. The number of ether oxygens (including phenoxy) is 1. The van der Waals surface area contributed by atoms with Crippen LogP contribution in [-0.2, 0) is 4.79 Å². The van der Waals surface area contributed by atoms with Crippen LogP contribution in [-0.4, -0.2) is 18.7 Å². The SMILES string of the molecule is CCCC(=O)CCCC(=O)c1ccc(OC)cc1. The molecule has 0 atom stereocenters. The number of carbonyl (C=O) groups excluding carboxylic acids is 2. The van der Waals surface area contributed by atoms with Crippen molar-refractivity contribution < 1.29 is 14.3 Å². The lowest BCUT2D eigenvalue weighted by atomic mass is 10.0. The smallest absolute Gasteiger partial charge is 0.162 e. The van der Waals surface area contributed by atoms with Gasteiger partial charge in [0.25, 0.3) is 0 Å². The van der Waals surface area contributed by atoms with E-state index in [4.69, 9.17) is 4.74 Å². The van der Waals surface area contributed by atoms with Crippen LogP contribution in [0.4, 0.5) is 0 Å². The van der Waals surface area contributed by atoms with E-state index in [9.17, 15) is 9.59 Å². The first kappa shape index (κ1) is 14.4. The first-order chi connectivity index (χ1) is 8.67. The van der Waals surface area contributed by atoms with Gasteiger partial charge >= 0.3 is 0 Å². The van der Waals surface area contributed by atoms with Crippen molar-refractivity contribution in [2.75, 3.05) is 7.11 Å². The predicted octanol–water partition coefficient (Wildman–Crippen LogP) is 3.42. The summed E-state index contributed by atoms with van der Waals surface area (Å²) in [5.74, 6) is 1.08. The molecule has 0 aromatic heterocycles. The van der Waals surface area contributed by atoms with E-state index in [0.29, 0.717) is 31.2 Å². The minimum atomic E-state index is 0.0851. The van der Waals surface area contributed by atoms with Gasteiger partial charge in [-0.1, -0.05) is 6.92 Å². The molecule has 0 saturated carbocycles. The fourth-order valence-electron chi connectivity index (χ4n) is 1.77. The van der Waals surface area contributed by atoms with Gasteiger partial charge in [0.15, 0.2) is 5.78 Å². The van der Waals surface area contributed by atoms with Crippen molar-refractivity contribution in [2.45, 2.75) is 39.0 Å². The van der Waals surface area contributed by atoms with E-state index in [1.165, 1.54) is 0 Å². The van der Waals surface area contributed by atoms with Crippen LogP contribution in [0.3, 0.4) is 0 Å². The number of hydrogen-bond acceptors (Lipinski definition) is 3. The molecule has 0 fully saturated rings. The molecule has 1 aromatic carbocycles. The Morgan fingerprint density at radius 3 is 2.28 bits per heavy atom. The Kier molecular flexibility index (Phi) is 6.12. The highest BCUT2D eigenvalue weighted by Crippen LogP contribution is 2.14. The minimum Gasteiger partial charge on any atom is -0.497 e. The molecule has 0 unspecified atom stereocenters. The molecular formula is C15H20O3. The second-order valence-corrected chi connectivity index (χ2v) is 4.29. The van der Waals surface area contributed by atoms with Crippen molar-refractivity contribution in [3.8, 4) is 5.75 Å². The summed E-state index contributed by atoms with van der Waals surface area (Å²) >= 11 is 0. The lowest BCUT2D eigenvalue weighted by Gasteiger charge is -2.03. The lowest BCUT2D eigenvalue weighted by Crippen LogP contribution is -2.02. The molecule has 0 amide bonds. The van der Waals surface area contributed by atoms with Gasteiger partial charge in [0.05, 0.1) is 7.11 Å². The third-order valence-corrected chi connectivity index (χ3v) is 2.80. The zero-order valence-electron chi connectivity index (χ0n) is 11.1. The van der Waals surface area contributed by atoms with Crippen LogP contribution in [0, 0.1) is 0 Å². The number of hydrogen-bond donors (Lipinski definition) is 0. The molecule has 3 nitrogen and oxygen atoms in total. The van der Waals surface area contributed by atoms with Crippen molar-refractivity contribution in [2.24, 2.45) is 0 Å². The molecule has 0 heterocycles. The molecule has 18 heavy (non-hydrogen) atoms. The van der Waals surface area contributed by atoms with Gasteiger partial charge in [0.1, 0.15) is 11.5 Å². The molecule has 0 saturated heterocycles. The molecule has 1 rings (SSSR count). The Morgan fingerprint density at radius 1 is 1.06 bits per heavy atom. The summed E-state index contributed by atoms with van der Waals surface area (Å²) in [6, 6.07) is 7.06. The van der Waals surface area contributed by atoms with Gasteiger partial charge in [-0.25, -0.2) is 0 Å². The van der Waals surface area contributed by atoms with E-state index in [1.54, 1.807) is 31.4 Å². The second-order valence-electron chi connectivity index (χ2n) is 4.29. The van der Waals surface area contributed by atoms with E-state index in [0.717, 1.165) is 12.2 Å². The van der Waals surface area contributed by atoms with Crippen LogP contribution in [0.25, 0.3) is 0 Å². The summed E-state index contributed by atoms with van der Waals surface area (Å²) in [6.45, 7) is 1.99. The van der Waals surface area contributed by atoms with E-state index in [1.807, 2.05) is 6.92 Å². The maximum Gasteiger partial charge on any atom is 0.162 e. The van der Waals surface area contributed by atoms with Crippen LogP contribution < -0.4 is 4.74 Å². The van der Waals surface area contributed by atoms with Crippen molar-refractivity contribution in [3.05, 3.63) is 29.8 Å². The molecule has 0 aliphatic carbocycles. The molecule has 1 aromatic rings. The molecule has 98 valence electrons. The number of carbonyl (C=O) groups is 2. The molecule has 0 aliphatic heterocycles. The predicted molar refractivity (Wildman–Crippen MR) is 71.1 cm³/mol. The van der Waals surface area contributed by atoms with Gasteiger partial charge in [-0.05, 0) is 37.1 Å². The van der Waals surface area contributed by atoms with Crippen molar-refractivity contribution >= 4 is 11.6 Å². The van der Waals surface area contributed by atoms with E-state index in [-0.39, 0.29) is 11.6 Å². The van der Waals surface area contributed by atoms with Crippen LogP contribution in [0.1, 0.15) is 49.4 Å². The van der Waals surface area contributed by atoms with Crippen LogP contribution >= 0.6 is 0 Å². The zero-order valence-corrected chi connectivity index (χ0v) is 11.1. The third kappa shape index (κ3) is 4.70. The fourth-order valence-corrected chi connectivity index (χ4v) is 1.77. The molecule has 3 heteroatoms. The van der Waals surface area contributed by atoms with Crippen LogP contribution in [0.15, 0.2) is 24.3 Å². The van der Waals surface area contributed by atoms with Gasteiger partial charge in [0, 0.05) is 24.8 Å². The summed E-state index contributed by atoms with van der Waals surface area (Å²) in [5, 5.41) is 0. The van der Waals surface area contributed by atoms with Crippen LogP contribution in [0.2, 0.25) is 0 Å². The van der Waals surface area contributed by atoms with Gasteiger partial charge in [-0.15, -0.1) is 0 Å². The summed E-state index contributed by atoms with van der Waals surface area (Å²) in [6.07, 6.45) is 3.09. The monoisotopic (exact) mass is 248 g/mol. The maximum absolute atomic E-state index is 11.8. The Labute approximate surface area is 108 Å². The first-order valence-corrected chi connectivity index (χ1v) is 6.36. The zero-order chi connectivity index (χ0) is 13.4. The Bertz CT molecular complexity index is 393. The summed E-state index contributed by atoms with van der Waals surface area (Å²) < 4.78 is 5.03. The third-order valence-electron chi connectivity index (χ3n) is 2.80. The van der Waals surface area contributed by atoms with Crippen molar-refractivity contribution in [1.29, 1.82) is 0 Å². The summed E-state index contributed by atoms with van der Waals surface area (Å²) in [4.78, 5) is 23.1. The topological polar surface area (TPSA) is 43.4 Å². The van der Waals surface area contributed by atoms with E-state index < -0.39 is 0 Å². The number of Topliss-reactive ketones (excluding diaryl/α,β-unsaturated/α-hetero) is 2. The molecular weight excluding hydrogens is 228 g/mol. The number of benzene rings is 1. The van der Waals surface area contributed by atoms with Crippen molar-refractivity contribution in [3.63, 3.8) is 0 Å². The van der Waals surface area contributed by atoms with E-state index >= 15 is 0 Å². The summed E-state index contributed by atoms with van der Waals surface area (Å²) in [7, 11) is 1.59. The average Bonchev–Trinajstić information content (AvgIpc) is 2.39. The fraction of sp³-hybridized carbons (Fsp3) is 0.467. The number of rotatable bonds is 8. The van der Waals surface area contributed by atoms with Gasteiger partial charge in [-0.3, -0.25) is 9.59 Å². The largest absolute Gasteiger partial charge is 0.497 e. The maximum atomic E-state index is 11.8. The molecule has 0 radical (unpaired) electrons. The van der Waals surface area contributed by atoms with E-state index in [2.05, 4.69) is 0 Å². The highest BCUT2D eigenvalue weighted by atomic mass is 16.5. The highest BCUT2D eigenvalue weighted by molar-refractivity contribution is 5.96. The van der Waals surface area contributed by atoms with Gasteiger partial charge < -0.3 is 4.74 Å². The molecule has 0 spiro atoms. The Hall–Kier alpha value is -1.64. The Balaban J connectivity index is 2.38. The molecule has 0 N–H and O–H groups in total. The number of methoxy groups -OCH3 is 1. The molecule has 0 aliphatic rings. The van der Waals surface area contributed by atoms with Gasteiger partial charge in [-0.2, -0.15) is 0 Å². The Morgan fingerprint density at radius 2 is 1.72 bits per heavy atom. The normalized spacial score (nSPS) is 10.1. The minimum absolute atomic E-state index is 0.0851. The quantitative estimate of drug-likeness (QED) is 0.662. The average molecular weight is 248 g/mol. The number of ketones is 2.